The van der Waals surface area contributed by atoms with Crippen LogP contribution in [0.1, 0.15) is 5.69 Å². The molecule has 5 nitrogen and oxygen atoms in total. The van der Waals surface area contributed by atoms with Gasteiger partial charge >= 0.3 is 0 Å². The van der Waals surface area contributed by atoms with Crippen molar-refractivity contribution in [3.05, 3.63) is 29.4 Å². The zero-order valence-electron chi connectivity index (χ0n) is 10.1. The van der Waals surface area contributed by atoms with E-state index >= 15 is 0 Å². The van der Waals surface area contributed by atoms with E-state index in [1.54, 1.807) is 13.3 Å². The van der Waals surface area contributed by atoms with Gasteiger partial charge in [0.2, 0.25) is 0 Å². The summed E-state index contributed by atoms with van der Waals surface area (Å²) >= 11 is 1.42. The Bertz CT molecular complexity index is 502. The summed E-state index contributed by atoms with van der Waals surface area (Å²) in [6, 6.07) is 3.85. The van der Waals surface area contributed by atoms with Crippen molar-refractivity contribution in [2.24, 2.45) is 0 Å². The molecule has 0 spiro atoms. The second-order valence-electron chi connectivity index (χ2n) is 3.61. The summed E-state index contributed by atoms with van der Waals surface area (Å²) < 4.78 is 10.4. The van der Waals surface area contributed by atoms with Gasteiger partial charge in [-0.3, -0.25) is 4.98 Å². The molecule has 18 heavy (non-hydrogen) atoms. The Hall–Kier alpha value is -1.50. The minimum Gasteiger partial charge on any atom is -0.382 e. The van der Waals surface area contributed by atoms with E-state index in [1.165, 1.54) is 11.3 Å². The Morgan fingerprint density at radius 2 is 2.28 bits per heavy atom. The van der Waals surface area contributed by atoms with Crippen LogP contribution in [0.15, 0.2) is 23.7 Å². The predicted octanol–water partition coefficient (Wildman–Crippen LogP) is 1.95. The first-order valence-electron chi connectivity index (χ1n) is 5.53. The topological polar surface area (TPSA) is 70.3 Å². The second-order valence-corrected chi connectivity index (χ2v) is 4.50. The van der Waals surface area contributed by atoms with Crippen molar-refractivity contribution in [1.29, 1.82) is 0 Å². The van der Waals surface area contributed by atoms with Gasteiger partial charge in [-0.1, -0.05) is 0 Å². The number of ether oxygens (including phenoxy) is 2. The number of pyridine rings is 1. The van der Waals surface area contributed by atoms with Gasteiger partial charge in [0.05, 0.1) is 31.2 Å². The predicted molar refractivity (Wildman–Crippen MR) is 71.3 cm³/mol. The van der Waals surface area contributed by atoms with Crippen LogP contribution in [0.3, 0.4) is 0 Å². The van der Waals surface area contributed by atoms with Gasteiger partial charge in [0.1, 0.15) is 0 Å². The number of anilines is 1. The smallest absolute Gasteiger partial charge is 0.180 e. The highest BCUT2D eigenvalue weighted by molar-refractivity contribution is 7.13. The van der Waals surface area contributed by atoms with Crippen molar-refractivity contribution < 1.29 is 9.47 Å². The number of methoxy groups -OCH3 is 1. The molecule has 0 bridgehead atoms. The molecule has 2 aromatic heterocycles. The van der Waals surface area contributed by atoms with Crippen LogP contribution in [-0.2, 0) is 16.1 Å². The van der Waals surface area contributed by atoms with Crippen LogP contribution in [-0.4, -0.2) is 30.3 Å². The summed E-state index contributed by atoms with van der Waals surface area (Å²) in [5.41, 5.74) is 8.31. The molecule has 0 saturated carbocycles. The van der Waals surface area contributed by atoms with Gasteiger partial charge in [-0.05, 0) is 12.1 Å². The summed E-state index contributed by atoms with van der Waals surface area (Å²) in [7, 11) is 1.65. The molecule has 0 fully saturated rings. The number of rotatable bonds is 6. The number of thiazole rings is 1. The third kappa shape index (κ3) is 3.25. The lowest BCUT2D eigenvalue weighted by atomic mass is 10.1. The molecule has 0 atom stereocenters. The molecule has 0 radical (unpaired) electrons. The minimum atomic E-state index is 0.441. The molecule has 96 valence electrons. The third-order valence-electron chi connectivity index (χ3n) is 2.36. The first-order valence-corrected chi connectivity index (χ1v) is 6.41. The molecule has 0 unspecified atom stereocenters. The Morgan fingerprint density at radius 1 is 1.39 bits per heavy atom. The molecular formula is C12H15N3O2S. The average molecular weight is 265 g/mol. The summed E-state index contributed by atoms with van der Waals surface area (Å²) in [5, 5.41) is 2.48. The Morgan fingerprint density at radius 3 is 3.00 bits per heavy atom. The van der Waals surface area contributed by atoms with E-state index in [9.17, 15) is 0 Å². The number of nitrogens with two attached hydrogens (primary N) is 1. The monoisotopic (exact) mass is 265 g/mol. The van der Waals surface area contributed by atoms with E-state index in [-0.39, 0.29) is 0 Å². The van der Waals surface area contributed by atoms with Crippen LogP contribution < -0.4 is 5.73 Å². The summed E-state index contributed by atoms with van der Waals surface area (Å²) in [5.74, 6) is 0. The minimum absolute atomic E-state index is 0.441. The van der Waals surface area contributed by atoms with Crippen LogP contribution >= 0.6 is 11.3 Å². The normalized spacial score (nSPS) is 10.7. The van der Waals surface area contributed by atoms with Crippen molar-refractivity contribution >= 4 is 16.5 Å². The van der Waals surface area contributed by atoms with Gasteiger partial charge in [-0.15, -0.1) is 11.3 Å². The van der Waals surface area contributed by atoms with E-state index < -0.39 is 0 Å². The van der Waals surface area contributed by atoms with E-state index in [1.807, 2.05) is 17.5 Å². The quantitative estimate of drug-likeness (QED) is 0.808. The standard InChI is InChI=1S/C12H15N3O2S/c1-16-5-6-17-7-10-9(3-2-4-14-10)11-8-18-12(13)15-11/h2-4,8H,5-7H2,1H3,(H2,13,15). The number of nitrogens with zero attached hydrogens (tertiary/aromatic N) is 2. The van der Waals surface area contributed by atoms with Gasteiger partial charge in [0.25, 0.3) is 0 Å². The number of aromatic nitrogens is 2. The molecule has 2 aromatic rings. The summed E-state index contributed by atoms with van der Waals surface area (Å²) in [6.07, 6.45) is 1.74. The molecule has 0 aliphatic carbocycles. The van der Waals surface area contributed by atoms with Gasteiger partial charge < -0.3 is 15.2 Å². The highest BCUT2D eigenvalue weighted by Crippen LogP contribution is 2.25. The lowest BCUT2D eigenvalue weighted by Gasteiger charge is -2.07. The maximum atomic E-state index is 5.64. The fraction of sp³-hybridized carbons (Fsp3) is 0.333. The number of hydrogen-bond donors (Lipinski definition) is 1. The van der Waals surface area contributed by atoms with Crippen molar-refractivity contribution in [3.63, 3.8) is 0 Å². The molecule has 0 aliphatic heterocycles. The van der Waals surface area contributed by atoms with E-state index in [2.05, 4.69) is 9.97 Å². The van der Waals surface area contributed by atoms with Gasteiger partial charge in [0, 0.05) is 24.3 Å². The lowest BCUT2D eigenvalue weighted by molar-refractivity contribution is 0.0604. The fourth-order valence-electron chi connectivity index (χ4n) is 1.51. The van der Waals surface area contributed by atoms with Gasteiger partial charge in [-0.2, -0.15) is 0 Å². The number of nitrogen functional groups attached to an aromatic ring is 1. The van der Waals surface area contributed by atoms with Crippen molar-refractivity contribution in [1.82, 2.24) is 9.97 Å². The first-order chi connectivity index (χ1) is 8.81. The highest BCUT2D eigenvalue weighted by Gasteiger charge is 2.09. The summed E-state index contributed by atoms with van der Waals surface area (Å²) in [4.78, 5) is 8.58. The van der Waals surface area contributed by atoms with E-state index in [0.29, 0.717) is 25.0 Å². The SMILES string of the molecule is COCCOCc1ncccc1-c1csc(N)n1. The van der Waals surface area contributed by atoms with Gasteiger partial charge in [-0.25, -0.2) is 4.98 Å². The molecule has 0 aliphatic rings. The van der Waals surface area contributed by atoms with Gasteiger partial charge in [0.15, 0.2) is 5.13 Å². The van der Waals surface area contributed by atoms with Crippen molar-refractivity contribution in [2.75, 3.05) is 26.1 Å². The first kappa shape index (κ1) is 12.9. The van der Waals surface area contributed by atoms with Crippen LogP contribution in [0.2, 0.25) is 0 Å². The zero-order valence-corrected chi connectivity index (χ0v) is 10.9. The van der Waals surface area contributed by atoms with E-state index in [4.69, 9.17) is 15.2 Å². The van der Waals surface area contributed by atoms with Crippen molar-refractivity contribution in [2.45, 2.75) is 6.61 Å². The lowest BCUT2D eigenvalue weighted by Crippen LogP contribution is -2.04. The molecule has 0 aromatic carbocycles. The Kier molecular flexibility index (Phi) is 4.63. The van der Waals surface area contributed by atoms with E-state index in [0.717, 1.165) is 17.0 Å². The van der Waals surface area contributed by atoms with Crippen LogP contribution in [0.5, 0.6) is 0 Å². The Labute approximate surface area is 110 Å². The highest BCUT2D eigenvalue weighted by atomic mass is 32.1. The molecule has 0 saturated heterocycles. The molecule has 0 amide bonds. The fourth-order valence-corrected chi connectivity index (χ4v) is 2.07. The number of hydrogen-bond acceptors (Lipinski definition) is 6. The average Bonchev–Trinajstić information content (AvgIpc) is 2.82. The van der Waals surface area contributed by atoms with Crippen LogP contribution in [0, 0.1) is 0 Å². The largest absolute Gasteiger partial charge is 0.382 e. The molecule has 6 heteroatoms. The molecule has 2 rings (SSSR count). The van der Waals surface area contributed by atoms with Crippen molar-refractivity contribution in [3.8, 4) is 11.3 Å². The zero-order chi connectivity index (χ0) is 12.8. The maximum Gasteiger partial charge on any atom is 0.180 e. The third-order valence-corrected chi connectivity index (χ3v) is 3.03. The van der Waals surface area contributed by atoms with Crippen LogP contribution in [0.25, 0.3) is 11.3 Å². The van der Waals surface area contributed by atoms with Crippen LogP contribution in [0.4, 0.5) is 5.13 Å². The maximum absolute atomic E-state index is 5.64. The second kappa shape index (κ2) is 6.44. The molecular weight excluding hydrogens is 250 g/mol. The summed E-state index contributed by atoms with van der Waals surface area (Å²) in [6.45, 7) is 1.56. The molecule has 2 N–H and O–H groups in total. The molecule has 2 heterocycles. The Balaban J connectivity index is 2.10.